The number of thioether (sulfide) groups is 1. The summed E-state index contributed by atoms with van der Waals surface area (Å²) in [7, 11) is 0. The fraction of sp³-hybridized carbons (Fsp3) is 0.316. The van der Waals surface area contributed by atoms with Gasteiger partial charge in [0.25, 0.3) is 0 Å². The van der Waals surface area contributed by atoms with Crippen LogP contribution in [0.5, 0.6) is 0 Å². The van der Waals surface area contributed by atoms with Crippen molar-refractivity contribution in [1.29, 1.82) is 0 Å². The van der Waals surface area contributed by atoms with E-state index in [1.807, 2.05) is 20.1 Å². The van der Waals surface area contributed by atoms with Crippen LogP contribution < -0.4 is 0 Å². The standard InChI is InChI=1S/C19H19FO2S/c1-19(2)17(13-6-10-15(23-3)11-7-13)16(18(21)22-19)12-4-8-14(20)9-5-12/h4-11,16-17H,1-3H3. The van der Waals surface area contributed by atoms with Gasteiger partial charge in [-0.3, -0.25) is 4.79 Å². The Kier molecular flexibility index (Phi) is 4.19. The van der Waals surface area contributed by atoms with Crippen LogP contribution in [0.25, 0.3) is 0 Å². The van der Waals surface area contributed by atoms with E-state index in [0.29, 0.717) is 0 Å². The highest BCUT2D eigenvalue weighted by Crippen LogP contribution is 2.49. The van der Waals surface area contributed by atoms with E-state index in [2.05, 4.69) is 24.3 Å². The zero-order valence-electron chi connectivity index (χ0n) is 13.4. The van der Waals surface area contributed by atoms with Crippen LogP contribution in [0.1, 0.15) is 36.8 Å². The van der Waals surface area contributed by atoms with E-state index in [1.54, 1.807) is 23.9 Å². The number of esters is 1. The summed E-state index contributed by atoms with van der Waals surface area (Å²) in [4.78, 5) is 13.6. The van der Waals surface area contributed by atoms with Gasteiger partial charge in [-0.25, -0.2) is 4.39 Å². The van der Waals surface area contributed by atoms with E-state index in [9.17, 15) is 9.18 Å². The molecule has 1 fully saturated rings. The predicted octanol–water partition coefficient (Wildman–Crippen LogP) is 4.75. The maximum absolute atomic E-state index is 13.2. The third-order valence-electron chi connectivity index (χ3n) is 4.40. The average Bonchev–Trinajstić information content (AvgIpc) is 2.77. The molecular weight excluding hydrogens is 311 g/mol. The van der Waals surface area contributed by atoms with Gasteiger partial charge in [0, 0.05) is 10.8 Å². The molecule has 2 aromatic rings. The third-order valence-corrected chi connectivity index (χ3v) is 5.15. The summed E-state index contributed by atoms with van der Waals surface area (Å²) in [5, 5.41) is 0. The molecule has 2 nitrogen and oxygen atoms in total. The highest BCUT2D eigenvalue weighted by atomic mass is 32.2. The first-order chi connectivity index (χ1) is 10.9. The molecule has 1 saturated heterocycles. The molecular formula is C19H19FO2S. The Hall–Kier alpha value is -1.81. The van der Waals surface area contributed by atoms with Gasteiger partial charge in [0.2, 0.25) is 0 Å². The summed E-state index contributed by atoms with van der Waals surface area (Å²) in [6, 6.07) is 14.3. The van der Waals surface area contributed by atoms with Gasteiger partial charge in [0.05, 0.1) is 5.92 Å². The summed E-state index contributed by atoms with van der Waals surface area (Å²) in [5.74, 6) is -1.07. The first-order valence-corrected chi connectivity index (χ1v) is 8.77. The Morgan fingerprint density at radius 3 is 2.13 bits per heavy atom. The van der Waals surface area contributed by atoms with Gasteiger partial charge in [-0.15, -0.1) is 11.8 Å². The fourth-order valence-electron chi connectivity index (χ4n) is 3.33. The summed E-state index contributed by atoms with van der Waals surface area (Å²) in [6.07, 6.45) is 2.03. The Morgan fingerprint density at radius 2 is 1.57 bits per heavy atom. The van der Waals surface area contributed by atoms with Crippen molar-refractivity contribution >= 4 is 17.7 Å². The zero-order chi connectivity index (χ0) is 16.6. The highest BCUT2D eigenvalue weighted by molar-refractivity contribution is 7.98. The minimum Gasteiger partial charge on any atom is -0.458 e. The quantitative estimate of drug-likeness (QED) is 0.600. The van der Waals surface area contributed by atoms with E-state index in [-0.39, 0.29) is 17.7 Å². The molecule has 0 radical (unpaired) electrons. The van der Waals surface area contributed by atoms with Crippen LogP contribution in [0.3, 0.4) is 0 Å². The van der Waals surface area contributed by atoms with Gasteiger partial charge in [-0.1, -0.05) is 24.3 Å². The van der Waals surface area contributed by atoms with Crippen LogP contribution in [-0.4, -0.2) is 17.8 Å². The SMILES string of the molecule is CSc1ccc(C2C(c3ccc(F)cc3)C(=O)OC2(C)C)cc1. The van der Waals surface area contributed by atoms with Crippen LogP contribution in [0.15, 0.2) is 53.4 Å². The smallest absolute Gasteiger partial charge is 0.314 e. The van der Waals surface area contributed by atoms with Crippen LogP contribution in [0.4, 0.5) is 4.39 Å². The van der Waals surface area contributed by atoms with Gasteiger partial charge in [0.1, 0.15) is 11.4 Å². The van der Waals surface area contributed by atoms with Crippen LogP contribution in [-0.2, 0) is 9.53 Å². The van der Waals surface area contributed by atoms with E-state index in [4.69, 9.17) is 4.74 Å². The lowest BCUT2D eigenvalue weighted by Crippen LogP contribution is -2.27. The highest BCUT2D eigenvalue weighted by Gasteiger charge is 2.51. The van der Waals surface area contributed by atoms with Gasteiger partial charge >= 0.3 is 5.97 Å². The van der Waals surface area contributed by atoms with Crippen molar-refractivity contribution in [3.05, 3.63) is 65.5 Å². The molecule has 0 aromatic heterocycles. The number of ether oxygens (including phenoxy) is 1. The van der Waals surface area contributed by atoms with Crippen molar-refractivity contribution in [2.45, 2.75) is 36.2 Å². The van der Waals surface area contributed by atoms with Crippen molar-refractivity contribution in [2.75, 3.05) is 6.26 Å². The number of hydrogen-bond acceptors (Lipinski definition) is 3. The Bertz CT molecular complexity index is 707. The number of carbonyl (C=O) groups excluding carboxylic acids is 1. The Labute approximate surface area is 140 Å². The van der Waals surface area contributed by atoms with Gasteiger partial charge in [0.15, 0.2) is 0 Å². The van der Waals surface area contributed by atoms with Crippen LogP contribution in [0.2, 0.25) is 0 Å². The summed E-state index contributed by atoms with van der Waals surface area (Å²) < 4.78 is 18.8. The largest absolute Gasteiger partial charge is 0.458 e. The second kappa shape index (κ2) is 6.00. The first kappa shape index (κ1) is 16.1. The molecule has 120 valence electrons. The molecule has 2 atom stereocenters. The van der Waals surface area contributed by atoms with Crippen LogP contribution >= 0.6 is 11.8 Å². The lowest BCUT2D eigenvalue weighted by molar-refractivity contribution is -0.147. The number of halogens is 1. The molecule has 4 heteroatoms. The van der Waals surface area contributed by atoms with Gasteiger partial charge in [-0.05, 0) is 55.5 Å². The summed E-state index contributed by atoms with van der Waals surface area (Å²) >= 11 is 1.68. The molecule has 0 saturated carbocycles. The molecule has 1 heterocycles. The number of hydrogen-bond donors (Lipinski definition) is 0. The molecule has 1 aliphatic heterocycles. The van der Waals surface area contributed by atoms with Crippen molar-refractivity contribution in [3.8, 4) is 0 Å². The second-order valence-electron chi connectivity index (χ2n) is 6.30. The summed E-state index contributed by atoms with van der Waals surface area (Å²) in [5.41, 5.74) is 1.26. The average molecular weight is 330 g/mol. The molecule has 0 amide bonds. The topological polar surface area (TPSA) is 26.3 Å². The number of benzene rings is 2. The normalized spacial score (nSPS) is 22.9. The first-order valence-electron chi connectivity index (χ1n) is 7.54. The van der Waals surface area contributed by atoms with Gasteiger partial charge in [-0.2, -0.15) is 0 Å². The van der Waals surface area contributed by atoms with Crippen molar-refractivity contribution in [2.24, 2.45) is 0 Å². The van der Waals surface area contributed by atoms with Crippen molar-refractivity contribution in [1.82, 2.24) is 0 Å². The molecule has 0 bridgehead atoms. The Morgan fingerprint density at radius 1 is 1.00 bits per heavy atom. The number of carbonyl (C=O) groups is 1. The lowest BCUT2D eigenvalue weighted by Gasteiger charge is -2.27. The predicted molar refractivity (Wildman–Crippen MR) is 90.3 cm³/mol. The number of cyclic esters (lactones) is 1. The molecule has 1 aliphatic rings. The lowest BCUT2D eigenvalue weighted by atomic mass is 9.75. The van der Waals surface area contributed by atoms with E-state index >= 15 is 0 Å². The number of rotatable bonds is 3. The molecule has 2 unspecified atom stereocenters. The van der Waals surface area contributed by atoms with Crippen molar-refractivity contribution in [3.63, 3.8) is 0 Å². The second-order valence-corrected chi connectivity index (χ2v) is 7.18. The fourth-order valence-corrected chi connectivity index (χ4v) is 3.74. The molecule has 2 aromatic carbocycles. The third kappa shape index (κ3) is 3.00. The maximum atomic E-state index is 13.2. The van der Waals surface area contributed by atoms with Gasteiger partial charge < -0.3 is 4.74 Å². The van der Waals surface area contributed by atoms with Crippen molar-refractivity contribution < 1.29 is 13.9 Å². The van der Waals surface area contributed by atoms with E-state index < -0.39 is 11.5 Å². The maximum Gasteiger partial charge on any atom is 0.314 e. The minimum atomic E-state index is -0.600. The molecule has 23 heavy (non-hydrogen) atoms. The zero-order valence-corrected chi connectivity index (χ0v) is 14.2. The van der Waals surface area contributed by atoms with Crippen LogP contribution in [0, 0.1) is 5.82 Å². The van der Waals surface area contributed by atoms with E-state index in [1.165, 1.54) is 17.0 Å². The Balaban J connectivity index is 2.04. The molecule has 0 spiro atoms. The molecule has 0 aliphatic carbocycles. The summed E-state index contributed by atoms with van der Waals surface area (Å²) in [6.45, 7) is 3.86. The molecule has 0 N–H and O–H groups in total. The molecule has 3 rings (SSSR count). The minimum absolute atomic E-state index is 0.101. The van der Waals surface area contributed by atoms with E-state index in [0.717, 1.165) is 11.1 Å². The monoisotopic (exact) mass is 330 g/mol.